The Balaban J connectivity index is 2.16. The van der Waals surface area contributed by atoms with Crippen molar-refractivity contribution in [3.8, 4) is 0 Å². The minimum Gasteiger partial charge on any atom is -0.397 e. The smallest absolute Gasteiger partial charge is 0.255 e. The lowest BCUT2D eigenvalue weighted by Gasteiger charge is -2.25. The molecule has 0 aliphatic carbocycles. The zero-order valence-corrected chi connectivity index (χ0v) is 11.2. The third-order valence-corrected chi connectivity index (χ3v) is 3.76. The number of nitrogen functional groups attached to an aromatic ring is 1. The molecule has 0 atom stereocenters. The maximum absolute atomic E-state index is 12.4. The van der Waals surface area contributed by atoms with Gasteiger partial charge < -0.3 is 10.6 Å². The molecule has 1 aromatic carbocycles. The largest absolute Gasteiger partial charge is 0.397 e. The molecule has 1 heterocycles. The first kappa shape index (κ1) is 13.2. The van der Waals surface area contributed by atoms with Gasteiger partial charge in [-0.25, -0.2) is 0 Å². The van der Waals surface area contributed by atoms with Gasteiger partial charge in [0.1, 0.15) is 0 Å². The lowest BCUT2D eigenvalue weighted by atomic mass is 10.1. The first-order valence-electron chi connectivity index (χ1n) is 6.53. The number of benzene rings is 1. The number of para-hydroxylation sites is 1. The van der Waals surface area contributed by atoms with Crippen LogP contribution in [0, 0.1) is 0 Å². The van der Waals surface area contributed by atoms with Crippen molar-refractivity contribution in [1.29, 1.82) is 0 Å². The van der Waals surface area contributed by atoms with Gasteiger partial charge in [-0.1, -0.05) is 36.9 Å². The van der Waals surface area contributed by atoms with Crippen LogP contribution in [-0.4, -0.2) is 23.9 Å². The van der Waals surface area contributed by atoms with Crippen LogP contribution in [0.1, 0.15) is 42.5 Å². The van der Waals surface area contributed by atoms with E-state index in [0.717, 1.165) is 25.9 Å². The number of nitrogens with zero attached hydrogens (tertiary/aromatic N) is 1. The Hall–Kier alpha value is -1.22. The summed E-state index contributed by atoms with van der Waals surface area (Å²) in [6.45, 7) is 1.65. The molecule has 0 spiro atoms. The first-order valence-corrected chi connectivity index (χ1v) is 6.91. The number of likely N-dealkylation sites (tertiary alicyclic amines) is 1. The van der Waals surface area contributed by atoms with Gasteiger partial charge in [-0.15, -0.1) is 0 Å². The molecule has 1 saturated heterocycles. The zero-order valence-electron chi connectivity index (χ0n) is 10.5. The Morgan fingerprint density at radius 3 is 2.39 bits per heavy atom. The van der Waals surface area contributed by atoms with Gasteiger partial charge in [0, 0.05) is 13.1 Å². The summed E-state index contributed by atoms with van der Waals surface area (Å²) in [7, 11) is 0. The average Bonchev–Trinajstić information content (AvgIpc) is 2.31. The van der Waals surface area contributed by atoms with Gasteiger partial charge in [-0.2, -0.15) is 0 Å². The molecule has 98 valence electrons. The van der Waals surface area contributed by atoms with Crippen LogP contribution >= 0.6 is 11.6 Å². The van der Waals surface area contributed by atoms with E-state index in [9.17, 15) is 4.79 Å². The van der Waals surface area contributed by atoms with E-state index in [2.05, 4.69) is 0 Å². The van der Waals surface area contributed by atoms with E-state index in [1.165, 1.54) is 19.3 Å². The second-order valence-corrected chi connectivity index (χ2v) is 5.17. The number of amides is 1. The van der Waals surface area contributed by atoms with Crippen molar-refractivity contribution in [1.82, 2.24) is 4.90 Å². The van der Waals surface area contributed by atoms with Crippen LogP contribution in [-0.2, 0) is 0 Å². The maximum Gasteiger partial charge on any atom is 0.255 e. The number of carbonyl (C=O) groups is 1. The molecule has 0 bridgehead atoms. The predicted molar refractivity (Wildman–Crippen MR) is 74.9 cm³/mol. The maximum atomic E-state index is 12.4. The third-order valence-electron chi connectivity index (χ3n) is 3.43. The number of hydrogen-bond acceptors (Lipinski definition) is 2. The fraction of sp³-hybridized carbons (Fsp3) is 0.500. The summed E-state index contributed by atoms with van der Waals surface area (Å²) in [6.07, 6.45) is 5.84. The molecule has 0 unspecified atom stereocenters. The third kappa shape index (κ3) is 2.96. The summed E-state index contributed by atoms with van der Waals surface area (Å²) < 4.78 is 0. The van der Waals surface area contributed by atoms with Crippen molar-refractivity contribution in [2.24, 2.45) is 0 Å². The van der Waals surface area contributed by atoms with Crippen LogP contribution in [0.2, 0.25) is 5.02 Å². The van der Waals surface area contributed by atoms with Crippen molar-refractivity contribution >= 4 is 23.2 Å². The van der Waals surface area contributed by atoms with Gasteiger partial charge in [-0.05, 0) is 25.0 Å². The number of carbonyl (C=O) groups excluding carboxylic acids is 1. The van der Waals surface area contributed by atoms with Gasteiger partial charge in [0.2, 0.25) is 0 Å². The molecular weight excluding hydrogens is 248 g/mol. The van der Waals surface area contributed by atoms with E-state index < -0.39 is 0 Å². The molecule has 2 N–H and O–H groups in total. The van der Waals surface area contributed by atoms with E-state index in [1.807, 2.05) is 4.90 Å². The highest BCUT2D eigenvalue weighted by atomic mass is 35.5. The van der Waals surface area contributed by atoms with E-state index in [0.29, 0.717) is 16.3 Å². The Morgan fingerprint density at radius 2 is 1.72 bits per heavy atom. The van der Waals surface area contributed by atoms with Crippen LogP contribution in [0.5, 0.6) is 0 Å². The highest BCUT2D eigenvalue weighted by Crippen LogP contribution is 2.24. The number of hydrogen-bond donors (Lipinski definition) is 1. The number of nitrogens with two attached hydrogens (primary N) is 1. The van der Waals surface area contributed by atoms with Crippen LogP contribution in [0.25, 0.3) is 0 Å². The summed E-state index contributed by atoms with van der Waals surface area (Å²) in [5.74, 6) is 0.0110. The molecule has 1 fully saturated rings. The predicted octanol–water partition coefficient (Wildman–Crippen LogP) is 3.33. The van der Waals surface area contributed by atoms with E-state index in [4.69, 9.17) is 17.3 Å². The first-order chi connectivity index (χ1) is 8.70. The Bertz CT molecular complexity index is 426. The molecule has 1 amide bonds. The quantitative estimate of drug-likeness (QED) is 0.793. The lowest BCUT2D eigenvalue weighted by molar-refractivity contribution is 0.0743. The summed E-state index contributed by atoms with van der Waals surface area (Å²) in [6, 6.07) is 5.24. The molecule has 0 saturated carbocycles. The van der Waals surface area contributed by atoms with Gasteiger partial charge in [-0.3, -0.25) is 4.79 Å². The molecule has 1 aliphatic heterocycles. The molecule has 1 aromatic rings. The molecule has 2 rings (SSSR count). The molecule has 1 aliphatic rings. The van der Waals surface area contributed by atoms with Crippen molar-refractivity contribution in [2.45, 2.75) is 32.1 Å². The summed E-state index contributed by atoms with van der Waals surface area (Å²) in [4.78, 5) is 14.3. The normalized spacial score (nSPS) is 17.1. The van der Waals surface area contributed by atoms with Crippen LogP contribution in [0.4, 0.5) is 5.69 Å². The molecule has 4 heteroatoms. The molecular formula is C14H19ClN2O. The van der Waals surface area contributed by atoms with Crippen molar-refractivity contribution in [3.63, 3.8) is 0 Å². The van der Waals surface area contributed by atoms with Gasteiger partial charge in [0.05, 0.1) is 16.3 Å². The van der Waals surface area contributed by atoms with Crippen LogP contribution < -0.4 is 5.73 Å². The van der Waals surface area contributed by atoms with Crippen molar-refractivity contribution in [2.75, 3.05) is 18.8 Å². The van der Waals surface area contributed by atoms with Crippen molar-refractivity contribution < 1.29 is 4.79 Å². The molecule has 0 radical (unpaired) electrons. The molecule has 0 aromatic heterocycles. The Kier molecular flexibility index (Phi) is 4.48. The van der Waals surface area contributed by atoms with E-state index in [1.54, 1.807) is 18.2 Å². The minimum absolute atomic E-state index is 0.0110. The second-order valence-electron chi connectivity index (χ2n) is 4.76. The van der Waals surface area contributed by atoms with E-state index in [-0.39, 0.29) is 5.91 Å². The number of rotatable bonds is 1. The van der Waals surface area contributed by atoms with Gasteiger partial charge in [0.15, 0.2) is 0 Å². The Morgan fingerprint density at radius 1 is 1.11 bits per heavy atom. The monoisotopic (exact) mass is 266 g/mol. The lowest BCUT2D eigenvalue weighted by Crippen LogP contribution is -2.34. The summed E-state index contributed by atoms with van der Waals surface area (Å²) in [5, 5.41) is 0.452. The summed E-state index contributed by atoms with van der Waals surface area (Å²) >= 11 is 5.96. The summed E-state index contributed by atoms with van der Waals surface area (Å²) in [5.41, 5.74) is 6.81. The molecule has 18 heavy (non-hydrogen) atoms. The SMILES string of the molecule is Nc1c(Cl)cccc1C(=O)N1CCCCCCC1. The average molecular weight is 267 g/mol. The van der Waals surface area contributed by atoms with Gasteiger partial charge in [0.25, 0.3) is 5.91 Å². The zero-order chi connectivity index (χ0) is 13.0. The highest BCUT2D eigenvalue weighted by Gasteiger charge is 2.19. The standard InChI is InChI=1S/C14H19ClN2O/c15-12-8-6-7-11(13(12)16)14(18)17-9-4-2-1-3-5-10-17/h6-8H,1-5,9-10,16H2. The second kappa shape index (κ2) is 6.10. The van der Waals surface area contributed by atoms with Gasteiger partial charge >= 0.3 is 0 Å². The fourth-order valence-corrected chi connectivity index (χ4v) is 2.52. The number of halogens is 1. The highest BCUT2D eigenvalue weighted by molar-refractivity contribution is 6.33. The van der Waals surface area contributed by atoms with Crippen molar-refractivity contribution in [3.05, 3.63) is 28.8 Å². The number of anilines is 1. The fourth-order valence-electron chi connectivity index (χ4n) is 2.34. The van der Waals surface area contributed by atoms with Crippen LogP contribution in [0.3, 0.4) is 0 Å². The minimum atomic E-state index is 0.0110. The van der Waals surface area contributed by atoms with Crippen LogP contribution in [0.15, 0.2) is 18.2 Å². The Labute approximate surface area is 113 Å². The topological polar surface area (TPSA) is 46.3 Å². The van der Waals surface area contributed by atoms with E-state index >= 15 is 0 Å². The molecule has 3 nitrogen and oxygen atoms in total.